The number of aliphatic imine (C=N–C) groups is 2. The summed E-state index contributed by atoms with van der Waals surface area (Å²) in [6.07, 6.45) is 5.64. The average Bonchev–Trinajstić information content (AvgIpc) is 3.00. The first-order chi connectivity index (χ1) is 15.3. The van der Waals surface area contributed by atoms with Crippen molar-refractivity contribution in [2.45, 2.75) is 26.7 Å². The smallest absolute Gasteiger partial charge is 0.162 e. The number of pyridine rings is 1. The first kappa shape index (κ1) is 20.6. The predicted octanol–water partition coefficient (Wildman–Crippen LogP) is 5.61. The third-order valence-corrected chi connectivity index (χ3v) is 4.81. The van der Waals surface area contributed by atoms with Gasteiger partial charge in [-0.15, -0.1) is 0 Å². The molecule has 0 saturated heterocycles. The minimum atomic E-state index is 0.602. The van der Waals surface area contributed by atoms with Gasteiger partial charge in [0.25, 0.3) is 0 Å². The molecule has 0 spiro atoms. The van der Waals surface area contributed by atoms with Gasteiger partial charge in [-0.1, -0.05) is 13.3 Å². The third-order valence-electron chi connectivity index (χ3n) is 4.81. The van der Waals surface area contributed by atoms with E-state index in [1.165, 1.54) is 0 Å². The molecule has 0 radical (unpaired) electrons. The lowest BCUT2D eigenvalue weighted by Crippen LogP contribution is -2.15. The van der Waals surface area contributed by atoms with E-state index in [1.807, 2.05) is 61.5 Å². The lowest BCUT2D eigenvalue weighted by atomic mass is 10.1. The van der Waals surface area contributed by atoms with Crippen LogP contribution in [0.3, 0.4) is 0 Å². The van der Waals surface area contributed by atoms with Crippen LogP contribution in [0.1, 0.15) is 37.8 Å². The summed E-state index contributed by atoms with van der Waals surface area (Å²) in [4.78, 5) is 13.8. The maximum Gasteiger partial charge on any atom is 0.162 e. The van der Waals surface area contributed by atoms with Gasteiger partial charge in [-0.2, -0.15) is 0 Å². The van der Waals surface area contributed by atoms with Gasteiger partial charge in [0.05, 0.1) is 24.6 Å². The molecule has 2 heterocycles. The average molecular weight is 415 g/mol. The van der Waals surface area contributed by atoms with Crippen LogP contribution in [0.5, 0.6) is 11.5 Å². The summed E-state index contributed by atoms with van der Waals surface area (Å²) in [6.45, 7) is 5.45. The van der Waals surface area contributed by atoms with Gasteiger partial charge in [0.2, 0.25) is 0 Å². The van der Waals surface area contributed by atoms with Crippen molar-refractivity contribution in [1.29, 1.82) is 0 Å². The zero-order valence-electron chi connectivity index (χ0n) is 17.8. The molecule has 0 amide bonds. The molecule has 0 saturated carbocycles. The Morgan fingerprint density at radius 2 is 1.58 bits per heavy atom. The second-order valence-electron chi connectivity index (χ2n) is 7.10. The quantitative estimate of drug-likeness (QED) is 0.487. The molecule has 0 fully saturated rings. The molecular weight excluding hydrogens is 388 g/mol. The van der Waals surface area contributed by atoms with E-state index >= 15 is 0 Å². The summed E-state index contributed by atoms with van der Waals surface area (Å²) in [5.74, 6) is 2.97. The SMILES string of the molecule is CCCCOc1ccc(C2=NC(c3ccncc3)=Nc3ccc(OCC)cc3N2)cc1. The van der Waals surface area contributed by atoms with Crippen LogP contribution >= 0.6 is 0 Å². The van der Waals surface area contributed by atoms with Crippen LogP contribution in [0.15, 0.2) is 77.0 Å². The Morgan fingerprint density at radius 1 is 0.806 bits per heavy atom. The number of ether oxygens (including phenoxy) is 2. The summed E-state index contributed by atoms with van der Waals surface area (Å²) < 4.78 is 11.5. The Balaban J connectivity index is 1.70. The van der Waals surface area contributed by atoms with Crippen LogP contribution < -0.4 is 14.8 Å². The molecule has 0 bridgehead atoms. The van der Waals surface area contributed by atoms with E-state index in [4.69, 9.17) is 19.5 Å². The maximum atomic E-state index is 5.80. The van der Waals surface area contributed by atoms with Gasteiger partial charge < -0.3 is 14.8 Å². The van der Waals surface area contributed by atoms with E-state index < -0.39 is 0 Å². The van der Waals surface area contributed by atoms with Gasteiger partial charge >= 0.3 is 0 Å². The summed E-state index contributed by atoms with van der Waals surface area (Å²) in [6, 6.07) is 17.6. The predicted molar refractivity (Wildman–Crippen MR) is 125 cm³/mol. The second-order valence-corrected chi connectivity index (χ2v) is 7.10. The van der Waals surface area contributed by atoms with E-state index in [2.05, 4.69) is 17.2 Å². The van der Waals surface area contributed by atoms with Crippen molar-refractivity contribution in [3.8, 4) is 11.5 Å². The fourth-order valence-electron chi connectivity index (χ4n) is 3.18. The highest BCUT2D eigenvalue weighted by molar-refractivity contribution is 6.19. The number of hydrogen-bond acceptors (Lipinski definition) is 6. The number of hydrogen-bond donors (Lipinski definition) is 1. The molecule has 3 aromatic rings. The van der Waals surface area contributed by atoms with Gasteiger partial charge in [0, 0.05) is 29.6 Å². The molecular formula is C25H26N4O2. The maximum absolute atomic E-state index is 5.80. The van der Waals surface area contributed by atoms with Crippen molar-refractivity contribution in [3.05, 3.63) is 78.1 Å². The van der Waals surface area contributed by atoms with Crippen molar-refractivity contribution in [2.24, 2.45) is 9.98 Å². The largest absolute Gasteiger partial charge is 0.494 e. The number of nitrogens with zero attached hydrogens (tertiary/aromatic N) is 3. The van der Waals surface area contributed by atoms with E-state index in [9.17, 15) is 0 Å². The Hall–Kier alpha value is -3.67. The summed E-state index contributed by atoms with van der Waals surface area (Å²) in [5, 5.41) is 3.45. The molecule has 0 aliphatic carbocycles. The first-order valence-corrected chi connectivity index (χ1v) is 10.6. The molecule has 1 aliphatic rings. The topological polar surface area (TPSA) is 68.1 Å². The van der Waals surface area contributed by atoms with Gasteiger partial charge in [-0.05, 0) is 61.9 Å². The zero-order chi connectivity index (χ0) is 21.5. The number of anilines is 1. The van der Waals surface area contributed by atoms with Crippen molar-refractivity contribution < 1.29 is 9.47 Å². The molecule has 158 valence electrons. The zero-order valence-corrected chi connectivity index (χ0v) is 17.8. The fourth-order valence-corrected chi connectivity index (χ4v) is 3.18. The van der Waals surface area contributed by atoms with E-state index in [0.717, 1.165) is 53.4 Å². The highest BCUT2D eigenvalue weighted by atomic mass is 16.5. The Kier molecular flexibility index (Phi) is 6.57. The molecule has 1 aliphatic heterocycles. The van der Waals surface area contributed by atoms with Crippen LogP contribution in [0.4, 0.5) is 11.4 Å². The highest BCUT2D eigenvalue weighted by Crippen LogP contribution is 2.33. The number of nitrogens with one attached hydrogen (secondary N) is 1. The number of aromatic nitrogens is 1. The van der Waals surface area contributed by atoms with Crippen molar-refractivity contribution in [1.82, 2.24) is 4.98 Å². The monoisotopic (exact) mass is 414 g/mol. The minimum absolute atomic E-state index is 0.602. The lowest BCUT2D eigenvalue weighted by Gasteiger charge is -2.12. The lowest BCUT2D eigenvalue weighted by molar-refractivity contribution is 0.309. The summed E-state index contributed by atoms with van der Waals surface area (Å²) in [7, 11) is 0. The molecule has 0 unspecified atom stereocenters. The normalized spacial score (nSPS) is 12.7. The van der Waals surface area contributed by atoms with E-state index in [1.54, 1.807) is 12.4 Å². The third kappa shape index (κ3) is 5.09. The first-order valence-electron chi connectivity index (χ1n) is 10.6. The van der Waals surface area contributed by atoms with Crippen LogP contribution in [0.2, 0.25) is 0 Å². The van der Waals surface area contributed by atoms with Crippen LogP contribution in [0, 0.1) is 0 Å². The summed E-state index contributed by atoms with van der Waals surface area (Å²) >= 11 is 0. The second kappa shape index (κ2) is 9.89. The highest BCUT2D eigenvalue weighted by Gasteiger charge is 2.16. The molecule has 2 aromatic carbocycles. The Labute approximate surface area is 182 Å². The Morgan fingerprint density at radius 3 is 2.32 bits per heavy atom. The van der Waals surface area contributed by atoms with Crippen LogP contribution in [-0.4, -0.2) is 29.9 Å². The molecule has 4 rings (SSSR count). The molecule has 1 aromatic heterocycles. The Bertz CT molecular complexity index is 1080. The number of rotatable bonds is 8. The van der Waals surface area contributed by atoms with Gasteiger partial charge in [-0.3, -0.25) is 4.98 Å². The molecule has 31 heavy (non-hydrogen) atoms. The standard InChI is InChI=1S/C25H26N4O2/c1-3-5-16-31-20-8-6-18(7-9-20)24-28-23-17-21(30-4-2)10-11-22(23)27-25(29-24)19-12-14-26-15-13-19/h6-15,17H,3-5,16H2,1-2H3,(H,27,28,29). The van der Waals surface area contributed by atoms with E-state index in [-0.39, 0.29) is 0 Å². The number of benzene rings is 2. The molecule has 6 heteroatoms. The fraction of sp³-hybridized carbons (Fsp3) is 0.240. The van der Waals surface area contributed by atoms with Crippen molar-refractivity contribution in [2.75, 3.05) is 18.5 Å². The molecule has 1 N–H and O–H groups in total. The van der Waals surface area contributed by atoms with Gasteiger partial charge in [0.15, 0.2) is 5.84 Å². The molecule has 0 atom stereocenters. The van der Waals surface area contributed by atoms with Crippen molar-refractivity contribution >= 4 is 23.0 Å². The number of fused-ring (bicyclic) bond motifs is 1. The number of amidine groups is 2. The van der Waals surface area contributed by atoms with Gasteiger partial charge in [0.1, 0.15) is 17.3 Å². The van der Waals surface area contributed by atoms with Crippen LogP contribution in [0.25, 0.3) is 0 Å². The number of unbranched alkanes of at least 4 members (excludes halogenated alkanes) is 1. The van der Waals surface area contributed by atoms with Crippen molar-refractivity contribution in [3.63, 3.8) is 0 Å². The minimum Gasteiger partial charge on any atom is -0.494 e. The van der Waals surface area contributed by atoms with E-state index in [0.29, 0.717) is 18.3 Å². The van der Waals surface area contributed by atoms with Crippen LogP contribution in [-0.2, 0) is 0 Å². The van der Waals surface area contributed by atoms with Gasteiger partial charge in [-0.25, -0.2) is 9.98 Å². The molecule has 6 nitrogen and oxygen atoms in total. The summed E-state index contributed by atoms with van der Waals surface area (Å²) in [5.41, 5.74) is 3.49.